The van der Waals surface area contributed by atoms with Crippen molar-refractivity contribution in [1.82, 2.24) is 9.88 Å². The molecule has 1 heterocycles. The summed E-state index contributed by atoms with van der Waals surface area (Å²) in [6.07, 6.45) is 0.713. The predicted octanol–water partition coefficient (Wildman–Crippen LogP) is 2.94. The third kappa shape index (κ3) is 3.05. The Labute approximate surface area is 138 Å². The lowest BCUT2D eigenvalue weighted by molar-refractivity contribution is 0.448. The number of sulfonamides is 1. The van der Waals surface area contributed by atoms with Crippen LogP contribution in [-0.2, 0) is 15.8 Å². The molecular formula is C17H15FN2O3S. The van der Waals surface area contributed by atoms with Crippen LogP contribution in [0.3, 0.4) is 0 Å². The number of nitrogens with one attached hydrogen (secondary N) is 1. The number of halogens is 1. The van der Waals surface area contributed by atoms with Crippen LogP contribution >= 0.6 is 0 Å². The fourth-order valence-electron chi connectivity index (χ4n) is 2.90. The standard InChI is InChI=1S/C17H15FN2O3S/c18-12-7-5-11(6-8-12)14-9-15(14)20-24(21,22)10-16-13-3-1-2-4-17(13)23-19-16/h1-8,14-15,20H,9-10H2/t14-,15+/m0/s1. The van der Waals surface area contributed by atoms with E-state index in [1.54, 1.807) is 24.3 Å². The van der Waals surface area contributed by atoms with E-state index in [4.69, 9.17) is 4.52 Å². The van der Waals surface area contributed by atoms with Crippen molar-refractivity contribution in [3.8, 4) is 0 Å². The Hall–Kier alpha value is -2.25. The molecule has 0 amide bonds. The van der Waals surface area contributed by atoms with Crippen molar-refractivity contribution in [2.24, 2.45) is 0 Å². The third-order valence-electron chi connectivity index (χ3n) is 4.20. The summed E-state index contributed by atoms with van der Waals surface area (Å²) < 4.78 is 45.5. The number of hydrogen-bond acceptors (Lipinski definition) is 4. The zero-order chi connectivity index (χ0) is 16.7. The highest BCUT2D eigenvalue weighted by molar-refractivity contribution is 7.88. The molecule has 1 saturated carbocycles. The van der Waals surface area contributed by atoms with Gasteiger partial charge < -0.3 is 4.52 Å². The summed E-state index contributed by atoms with van der Waals surface area (Å²) in [5.41, 5.74) is 1.91. The van der Waals surface area contributed by atoms with Gasteiger partial charge in [0.1, 0.15) is 17.3 Å². The van der Waals surface area contributed by atoms with Gasteiger partial charge in [-0.05, 0) is 36.2 Å². The van der Waals surface area contributed by atoms with Gasteiger partial charge >= 0.3 is 0 Å². The number of benzene rings is 2. The lowest BCUT2D eigenvalue weighted by Gasteiger charge is -2.05. The second kappa shape index (κ2) is 5.68. The van der Waals surface area contributed by atoms with E-state index < -0.39 is 10.0 Å². The van der Waals surface area contributed by atoms with Crippen LogP contribution in [0.25, 0.3) is 11.0 Å². The van der Waals surface area contributed by atoms with E-state index in [2.05, 4.69) is 9.88 Å². The highest BCUT2D eigenvalue weighted by atomic mass is 32.2. The van der Waals surface area contributed by atoms with Gasteiger partial charge in [0.05, 0.1) is 0 Å². The minimum Gasteiger partial charge on any atom is -0.356 e. The average Bonchev–Trinajstić information content (AvgIpc) is 3.19. The van der Waals surface area contributed by atoms with E-state index in [1.165, 1.54) is 12.1 Å². The molecule has 2 atom stereocenters. The molecule has 1 aromatic heterocycles. The summed E-state index contributed by atoms with van der Waals surface area (Å²) in [4.78, 5) is 0. The molecule has 1 aliphatic rings. The summed E-state index contributed by atoms with van der Waals surface area (Å²) in [6.45, 7) is 0. The Kier molecular flexibility index (Phi) is 3.62. The average molecular weight is 346 g/mol. The highest BCUT2D eigenvalue weighted by Gasteiger charge is 2.41. The Bertz CT molecular complexity index is 982. The molecule has 0 bridgehead atoms. The molecule has 24 heavy (non-hydrogen) atoms. The van der Waals surface area contributed by atoms with Gasteiger partial charge in [-0.2, -0.15) is 0 Å². The zero-order valence-electron chi connectivity index (χ0n) is 12.6. The molecule has 1 fully saturated rings. The lowest BCUT2D eigenvalue weighted by atomic mass is 10.1. The molecule has 1 aliphatic carbocycles. The van der Waals surface area contributed by atoms with E-state index in [1.807, 2.05) is 12.1 Å². The first kappa shape index (κ1) is 15.3. The van der Waals surface area contributed by atoms with E-state index >= 15 is 0 Å². The van der Waals surface area contributed by atoms with Gasteiger partial charge in [0.2, 0.25) is 10.0 Å². The molecular weight excluding hydrogens is 331 g/mol. The minimum absolute atomic E-state index is 0.0921. The van der Waals surface area contributed by atoms with Crippen LogP contribution in [0.5, 0.6) is 0 Å². The van der Waals surface area contributed by atoms with Gasteiger partial charge in [0.25, 0.3) is 0 Å². The molecule has 4 rings (SSSR count). The number of para-hydroxylation sites is 1. The van der Waals surface area contributed by atoms with Crippen molar-refractivity contribution in [3.05, 3.63) is 65.6 Å². The molecule has 0 spiro atoms. The molecule has 7 heteroatoms. The summed E-state index contributed by atoms with van der Waals surface area (Å²) in [7, 11) is -3.53. The zero-order valence-corrected chi connectivity index (χ0v) is 13.5. The largest absolute Gasteiger partial charge is 0.356 e. The van der Waals surface area contributed by atoms with Gasteiger partial charge in [-0.1, -0.05) is 29.4 Å². The topological polar surface area (TPSA) is 72.2 Å². The number of rotatable bonds is 5. The van der Waals surface area contributed by atoms with Crippen molar-refractivity contribution in [3.63, 3.8) is 0 Å². The van der Waals surface area contributed by atoms with Gasteiger partial charge in [-0.15, -0.1) is 0 Å². The molecule has 0 radical (unpaired) electrons. The fraction of sp³-hybridized carbons (Fsp3) is 0.235. The van der Waals surface area contributed by atoms with Crippen LogP contribution in [-0.4, -0.2) is 19.6 Å². The smallest absolute Gasteiger partial charge is 0.217 e. The maximum absolute atomic E-state index is 13.0. The van der Waals surface area contributed by atoms with Crippen molar-refractivity contribution in [2.45, 2.75) is 24.1 Å². The molecule has 5 nitrogen and oxygen atoms in total. The molecule has 2 aromatic carbocycles. The number of fused-ring (bicyclic) bond motifs is 1. The minimum atomic E-state index is -3.53. The third-order valence-corrected chi connectivity index (χ3v) is 5.51. The SMILES string of the molecule is O=S(=O)(Cc1noc2ccccc12)N[C@@H]1C[C@H]1c1ccc(F)cc1. The molecule has 0 aliphatic heterocycles. The van der Waals surface area contributed by atoms with Crippen LogP contribution < -0.4 is 4.72 Å². The second-order valence-electron chi connectivity index (χ2n) is 6.00. The first-order chi connectivity index (χ1) is 11.5. The van der Waals surface area contributed by atoms with Crippen molar-refractivity contribution < 1.29 is 17.3 Å². The van der Waals surface area contributed by atoms with Crippen LogP contribution in [0, 0.1) is 5.82 Å². The lowest BCUT2D eigenvalue weighted by Crippen LogP contribution is -2.28. The van der Waals surface area contributed by atoms with Crippen molar-refractivity contribution in [2.75, 3.05) is 0 Å². The Balaban J connectivity index is 1.46. The first-order valence-electron chi connectivity index (χ1n) is 7.60. The monoisotopic (exact) mass is 346 g/mol. The van der Waals surface area contributed by atoms with Crippen LogP contribution in [0.4, 0.5) is 4.39 Å². The molecule has 0 saturated heterocycles. The predicted molar refractivity (Wildman–Crippen MR) is 87.3 cm³/mol. The Morgan fingerprint density at radius 3 is 2.71 bits per heavy atom. The Morgan fingerprint density at radius 1 is 1.17 bits per heavy atom. The van der Waals surface area contributed by atoms with E-state index in [9.17, 15) is 12.8 Å². The molecule has 124 valence electrons. The molecule has 3 aromatic rings. The van der Waals surface area contributed by atoms with E-state index in [0.29, 0.717) is 23.1 Å². The number of aromatic nitrogens is 1. The maximum Gasteiger partial charge on any atom is 0.217 e. The number of nitrogens with zero attached hydrogens (tertiary/aromatic N) is 1. The Morgan fingerprint density at radius 2 is 1.92 bits per heavy atom. The van der Waals surface area contributed by atoms with E-state index in [-0.39, 0.29) is 23.5 Å². The van der Waals surface area contributed by atoms with Crippen molar-refractivity contribution in [1.29, 1.82) is 0 Å². The summed E-state index contributed by atoms with van der Waals surface area (Å²) in [6, 6.07) is 13.2. The van der Waals surface area contributed by atoms with Gasteiger partial charge in [0.15, 0.2) is 5.58 Å². The second-order valence-corrected chi connectivity index (χ2v) is 7.76. The maximum atomic E-state index is 13.0. The highest BCUT2D eigenvalue weighted by Crippen LogP contribution is 2.41. The normalized spacial score (nSPS) is 20.4. The van der Waals surface area contributed by atoms with Crippen LogP contribution in [0.15, 0.2) is 53.1 Å². The quantitative estimate of drug-likeness (QED) is 0.771. The van der Waals surface area contributed by atoms with E-state index in [0.717, 1.165) is 5.56 Å². The van der Waals surface area contributed by atoms with Gasteiger partial charge in [-0.3, -0.25) is 0 Å². The summed E-state index contributed by atoms with van der Waals surface area (Å²) in [5, 5.41) is 4.56. The number of hydrogen-bond donors (Lipinski definition) is 1. The van der Waals surface area contributed by atoms with Crippen molar-refractivity contribution >= 4 is 21.0 Å². The molecule has 1 N–H and O–H groups in total. The van der Waals surface area contributed by atoms with Crippen LogP contribution in [0.2, 0.25) is 0 Å². The first-order valence-corrected chi connectivity index (χ1v) is 9.26. The molecule has 0 unspecified atom stereocenters. The van der Waals surface area contributed by atoms with Crippen LogP contribution in [0.1, 0.15) is 23.6 Å². The summed E-state index contributed by atoms with van der Waals surface area (Å²) in [5.74, 6) is -0.430. The fourth-order valence-corrected chi connectivity index (χ4v) is 4.27. The van der Waals surface area contributed by atoms with Gasteiger partial charge in [-0.25, -0.2) is 17.5 Å². The summed E-state index contributed by atoms with van der Waals surface area (Å²) >= 11 is 0. The van der Waals surface area contributed by atoms with Gasteiger partial charge in [0, 0.05) is 17.3 Å².